The number of aromatic nitrogens is 2. The first kappa shape index (κ1) is 27.1. The average molecular weight is 560 g/mol. The molecule has 1 N–H and O–H groups in total. The SMILES string of the molecule is COc1ccc(-c2nnc(SCC(=O)Nc3ccc(N4CCN(C(=O)c5ccccc5OC)CC4)cc3)o2)cc1. The molecule has 0 spiro atoms. The van der Waals surface area contributed by atoms with Gasteiger partial charge in [0, 0.05) is 43.1 Å². The van der Waals surface area contributed by atoms with Gasteiger partial charge >= 0.3 is 0 Å². The molecule has 5 rings (SSSR count). The van der Waals surface area contributed by atoms with Crippen LogP contribution < -0.4 is 19.7 Å². The van der Waals surface area contributed by atoms with E-state index >= 15 is 0 Å². The fourth-order valence-corrected chi connectivity index (χ4v) is 4.92. The molecule has 1 aliphatic rings. The second-order valence-electron chi connectivity index (χ2n) is 8.96. The molecule has 10 nitrogen and oxygen atoms in total. The van der Waals surface area contributed by atoms with Crippen LogP contribution in [0.3, 0.4) is 0 Å². The Hall–Kier alpha value is -4.51. The standard InChI is InChI=1S/C29H29N5O5S/c1-37-23-13-7-20(8-14-23)27-31-32-29(39-27)40-19-26(35)30-21-9-11-22(12-10-21)33-15-17-34(18-16-33)28(36)24-5-3-4-6-25(24)38-2/h3-14H,15-19H2,1-2H3,(H,30,35). The van der Waals surface area contributed by atoms with E-state index in [1.54, 1.807) is 26.4 Å². The summed E-state index contributed by atoms with van der Waals surface area (Å²) < 4.78 is 16.2. The maximum absolute atomic E-state index is 13.0. The summed E-state index contributed by atoms with van der Waals surface area (Å²) in [5.41, 5.74) is 3.08. The number of amides is 2. The molecular weight excluding hydrogens is 530 g/mol. The molecule has 1 saturated heterocycles. The lowest BCUT2D eigenvalue weighted by atomic mass is 10.1. The lowest BCUT2D eigenvalue weighted by Crippen LogP contribution is -2.48. The van der Waals surface area contributed by atoms with Crippen molar-refractivity contribution in [1.82, 2.24) is 15.1 Å². The number of para-hydroxylation sites is 1. The van der Waals surface area contributed by atoms with Crippen LogP contribution in [0.5, 0.6) is 11.5 Å². The summed E-state index contributed by atoms with van der Waals surface area (Å²) >= 11 is 1.17. The third-order valence-corrected chi connectivity index (χ3v) is 7.31. The molecule has 206 valence electrons. The molecule has 1 aromatic heterocycles. The number of methoxy groups -OCH3 is 2. The number of benzene rings is 3. The van der Waals surface area contributed by atoms with Gasteiger partial charge in [-0.3, -0.25) is 9.59 Å². The summed E-state index contributed by atoms with van der Waals surface area (Å²) in [6, 6.07) is 22.3. The van der Waals surface area contributed by atoms with Crippen molar-refractivity contribution in [2.24, 2.45) is 0 Å². The summed E-state index contributed by atoms with van der Waals surface area (Å²) in [7, 11) is 3.18. The molecular formula is C29H29N5O5S. The fourth-order valence-electron chi connectivity index (χ4n) is 4.36. The van der Waals surface area contributed by atoms with E-state index in [-0.39, 0.29) is 17.6 Å². The lowest BCUT2D eigenvalue weighted by molar-refractivity contribution is -0.113. The van der Waals surface area contributed by atoms with Gasteiger partial charge in [0.15, 0.2) is 0 Å². The van der Waals surface area contributed by atoms with E-state index < -0.39 is 0 Å². The van der Waals surface area contributed by atoms with Crippen LogP contribution >= 0.6 is 11.8 Å². The topological polar surface area (TPSA) is 110 Å². The van der Waals surface area contributed by atoms with Gasteiger partial charge in [-0.1, -0.05) is 23.9 Å². The third kappa shape index (κ3) is 6.37. The Balaban J connectivity index is 1.09. The first-order chi connectivity index (χ1) is 19.5. The first-order valence-electron chi connectivity index (χ1n) is 12.7. The Morgan fingerprint density at radius 2 is 1.62 bits per heavy atom. The third-order valence-electron chi connectivity index (χ3n) is 6.49. The number of hydrogen-bond acceptors (Lipinski definition) is 9. The molecule has 0 saturated carbocycles. The van der Waals surface area contributed by atoms with Crippen LogP contribution in [0.4, 0.5) is 11.4 Å². The highest BCUT2D eigenvalue weighted by Crippen LogP contribution is 2.26. The Labute approximate surface area is 236 Å². The molecule has 0 atom stereocenters. The molecule has 1 aliphatic heterocycles. The van der Waals surface area contributed by atoms with Crippen LogP contribution in [0.1, 0.15) is 10.4 Å². The zero-order chi connectivity index (χ0) is 27.9. The lowest BCUT2D eigenvalue weighted by Gasteiger charge is -2.36. The van der Waals surface area contributed by atoms with Crippen LogP contribution in [0.2, 0.25) is 0 Å². The highest BCUT2D eigenvalue weighted by atomic mass is 32.2. The predicted molar refractivity (Wildman–Crippen MR) is 153 cm³/mol. The Bertz CT molecular complexity index is 1450. The second-order valence-corrected chi connectivity index (χ2v) is 9.89. The molecule has 1 fully saturated rings. The van der Waals surface area contributed by atoms with Crippen LogP contribution in [-0.2, 0) is 4.79 Å². The van der Waals surface area contributed by atoms with E-state index in [0.717, 1.165) is 17.0 Å². The number of ether oxygens (including phenoxy) is 2. The number of piperazine rings is 1. The van der Waals surface area contributed by atoms with E-state index in [0.29, 0.717) is 54.3 Å². The number of carbonyl (C=O) groups excluding carboxylic acids is 2. The largest absolute Gasteiger partial charge is 0.497 e. The number of carbonyl (C=O) groups is 2. The summed E-state index contributed by atoms with van der Waals surface area (Å²) in [6.45, 7) is 2.66. The van der Waals surface area contributed by atoms with Gasteiger partial charge in [-0.2, -0.15) is 0 Å². The smallest absolute Gasteiger partial charge is 0.277 e. The molecule has 0 unspecified atom stereocenters. The summed E-state index contributed by atoms with van der Waals surface area (Å²) in [5, 5.41) is 11.3. The molecule has 2 amide bonds. The number of thioether (sulfide) groups is 1. The van der Waals surface area contributed by atoms with E-state index in [9.17, 15) is 9.59 Å². The Kier molecular flexibility index (Phi) is 8.50. The van der Waals surface area contributed by atoms with Gasteiger partial charge in [0.05, 0.1) is 25.5 Å². The number of hydrogen-bond donors (Lipinski definition) is 1. The maximum atomic E-state index is 13.0. The molecule has 0 bridgehead atoms. The summed E-state index contributed by atoms with van der Waals surface area (Å²) in [5.74, 6) is 1.64. The zero-order valence-corrected chi connectivity index (χ0v) is 23.0. The predicted octanol–water partition coefficient (Wildman–Crippen LogP) is 4.45. The number of nitrogens with one attached hydrogen (secondary N) is 1. The zero-order valence-electron chi connectivity index (χ0n) is 22.2. The van der Waals surface area contributed by atoms with Gasteiger partial charge in [-0.25, -0.2) is 0 Å². The second kappa shape index (κ2) is 12.6. The van der Waals surface area contributed by atoms with Crippen molar-refractivity contribution in [1.29, 1.82) is 0 Å². The molecule has 2 heterocycles. The minimum atomic E-state index is -0.176. The van der Waals surface area contributed by atoms with Crippen molar-refractivity contribution in [3.63, 3.8) is 0 Å². The van der Waals surface area contributed by atoms with Crippen molar-refractivity contribution < 1.29 is 23.5 Å². The number of rotatable bonds is 9. The highest BCUT2D eigenvalue weighted by Gasteiger charge is 2.24. The number of anilines is 2. The van der Waals surface area contributed by atoms with Crippen LogP contribution in [0, 0.1) is 0 Å². The van der Waals surface area contributed by atoms with Gasteiger partial charge < -0.3 is 29.0 Å². The molecule has 0 radical (unpaired) electrons. The van der Waals surface area contributed by atoms with Gasteiger partial charge in [-0.15, -0.1) is 10.2 Å². The van der Waals surface area contributed by atoms with E-state index in [1.807, 2.05) is 65.6 Å². The van der Waals surface area contributed by atoms with E-state index in [2.05, 4.69) is 20.4 Å². The fraction of sp³-hybridized carbons (Fsp3) is 0.241. The van der Waals surface area contributed by atoms with Crippen molar-refractivity contribution >= 4 is 35.0 Å². The van der Waals surface area contributed by atoms with Crippen molar-refractivity contribution in [2.45, 2.75) is 5.22 Å². The Morgan fingerprint density at radius 1 is 0.900 bits per heavy atom. The molecule has 0 aliphatic carbocycles. The van der Waals surface area contributed by atoms with E-state index in [4.69, 9.17) is 13.9 Å². The van der Waals surface area contributed by atoms with Crippen LogP contribution in [-0.4, -0.2) is 73.1 Å². The van der Waals surface area contributed by atoms with Crippen LogP contribution in [0.15, 0.2) is 82.4 Å². The van der Waals surface area contributed by atoms with Gasteiger partial charge in [-0.05, 0) is 60.7 Å². The quantitative estimate of drug-likeness (QED) is 0.298. The van der Waals surface area contributed by atoms with Crippen molar-refractivity contribution in [2.75, 3.05) is 56.4 Å². The minimum Gasteiger partial charge on any atom is -0.497 e. The summed E-state index contributed by atoms with van der Waals surface area (Å²) in [4.78, 5) is 29.5. The van der Waals surface area contributed by atoms with Crippen molar-refractivity contribution in [3.8, 4) is 23.0 Å². The van der Waals surface area contributed by atoms with Gasteiger partial charge in [0.2, 0.25) is 11.8 Å². The minimum absolute atomic E-state index is 0.0227. The van der Waals surface area contributed by atoms with Gasteiger partial charge in [0.1, 0.15) is 11.5 Å². The van der Waals surface area contributed by atoms with Crippen molar-refractivity contribution in [3.05, 3.63) is 78.4 Å². The number of nitrogens with zero attached hydrogens (tertiary/aromatic N) is 4. The monoisotopic (exact) mass is 559 g/mol. The molecule has 40 heavy (non-hydrogen) atoms. The highest BCUT2D eigenvalue weighted by molar-refractivity contribution is 7.99. The van der Waals surface area contributed by atoms with Gasteiger partial charge in [0.25, 0.3) is 11.1 Å². The molecule has 4 aromatic rings. The molecule has 3 aromatic carbocycles. The first-order valence-corrected chi connectivity index (χ1v) is 13.7. The van der Waals surface area contributed by atoms with E-state index in [1.165, 1.54) is 11.8 Å². The normalized spacial score (nSPS) is 13.2. The molecule has 11 heteroatoms. The van der Waals surface area contributed by atoms with Crippen LogP contribution in [0.25, 0.3) is 11.5 Å². The average Bonchev–Trinajstić information content (AvgIpc) is 3.49. The Morgan fingerprint density at radius 3 is 2.33 bits per heavy atom. The maximum Gasteiger partial charge on any atom is 0.277 e. The summed E-state index contributed by atoms with van der Waals surface area (Å²) in [6.07, 6.45) is 0.